The van der Waals surface area contributed by atoms with E-state index in [1.807, 2.05) is 0 Å². The molecule has 1 amide bonds. The number of rotatable bonds is 7. The standard InChI is InChI=1S/C20H22N2O7S/c1-27-20(24)15-2-4-16(5-3-15)21-19(23)14-29-17-6-8-18(9-7-17)30(25,26)22-10-12-28-13-11-22/h2-9H,10-14H2,1H3,(H,21,23). The van der Waals surface area contributed by atoms with Gasteiger partial charge in [-0.2, -0.15) is 4.31 Å². The molecule has 3 rings (SSSR count). The highest BCUT2D eigenvalue weighted by molar-refractivity contribution is 7.89. The fourth-order valence-electron chi connectivity index (χ4n) is 2.80. The Bertz CT molecular complexity index is 983. The number of sulfonamides is 1. The Morgan fingerprint density at radius 2 is 1.67 bits per heavy atom. The van der Waals surface area contributed by atoms with E-state index in [1.165, 1.54) is 47.8 Å². The molecule has 1 saturated heterocycles. The smallest absolute Gasteiger partial charge is 0.337 e. The van der Waals surface area contributed by atoms with Crippen molar-refractivity contribution in [2.75, 3.05) is 45.3 Å². The SMILES string of the molecule is COC(=O)c1ccc(NC(=O)COc2ccc(S(=O)(=O)N3CCOCC3)cc2)cc1. The molecule has 30 heavy (non-hydrogen) atoms. The zero-order valence-corrected chi connectivity index (χ0v) is 17.2. The molecule has 1 N–H and O–H groups in total. The summed E-state index contributed by atoms with van der Waals surface area (Å²) >= 11 is 0. The Balaban J connectivity index is 1.53. The molecule has 1 aliphatic rings. The lowest BCUT2D eigenvalue weighted by atomic mass is 10.2. The van der Waals surface area contributed by atoms with Crippen LogP contribution in [0.25, 0.3) is 0 Å². The summed E-state index contributed by atoms with van der Waals surface area (Å²) in [6, 6.07) is 12.1. The number of carbonyl (C=O) groups is 2. The number of hydrogen-bond donors (Lipinski definition) is 1. The van der Waals surface area contributed by atoms with Crippen molar-refractivity contribution in [2.45, 2.75) is 4.90 Å². The molecule has 0 spiro atoms. The number of carbonyl (C=O) groups excluding carboxylic acids is 2. The average Bonchev–Trinajstić information content (AvgIpc) is 2.78. The van der Waals surface area contributed by atoms with Gasteiger partial charge in [-0.1, -0.05) is 0 Å². The van der Waals surface area contributed by atoms with Crippen LogP contribution in [0.15, 0.2) is 53.4 Å². The Morgan fingerprint density at radius 3 is 2.27 bits per heavy atom. The van der Waals surface area contributed by atoms with E-state index >= 15 is 0 Å². The van der Waals surface area contributed by atoms with E-state index in [9.17, 15) is 18.0 Å². The molecular formula is C20H22N2O7S. The van der Waals surface area contributed by atoms with E-state index < -0.39 is 21.9 Å². The quantitative estimate of drug-likeness (QED) is 0.658. The number of nitrogens with one attached hydrogen (secondary N) is 1. The monoisotopic (exact) mass is 434 g/mol. The van der Waals surface area contributed by atoms with Gasteiger partial charge in [0, 0.05) is 18.8 Å². The van der Waals surface area contributed by atoms with Gasteiger partial charge < -0.3 is 19.5 Å². The second-order valence-corrected chi connectivity index (χ2v) is 8.33. The van der Waals surface area contributed by atoms with Gasteiger partial charge in [0.1, 0.15) is 5.75 Å². The van der Waals surface area contributed by atoms with Crippen molar-refractivity contribution in [2.24, 2.45) is 0 Å². The zero-order chi connectivity index (χ0) is 21.6. The fraction of sp³-hybridized carbons (Fsp3) is 0.300. The minimum atomic E-state index is -3.58. The van der Waals surface area contributed by atoms with Gasteiger partial charge in [-0.3, -0.25) is 4.79 Å². The second kappa shape index (κ2) is 9.70. The zero-order valence-electron chi connectivity index (χ0n) is 16.4. The van der Waals surface area contributed by atoms with Crippen LogP contribution in [0, 0.1) is 0 Å². The van der Waals surface area contributed by atoms with Gasteiger partial charge in [0.2, 0.25) is 10.0 Å². The maximum absolute atomic E-state index is 12.6. The second-order valence-electron chi connectivity index (χ2n) is 6.39. The van der Waals surface area contributed by atoms with Crippen LogP contribution >= 0.6 is 0 Å². The van der Waals surface area contributed by atoms with E-state index in [-0.39, 0.29) is 11.5 Å². The number of nitrogens with zero attached hydrogens (tertiary/aromatic N) is 1. The van der Waals surface area contributed by atoms with Crippen LogP contribution in [-0.2, 0) is 24.3 Å². The summed E-state index contributed by atoms with van der Waals surface area (Å²) in [4.78, 5) is 23.6. The van der Waals surface area contributed by atoms with Gasteiger partial charge >= 0.3 is 5.97 Å². The highest BCUT2D eigenvalue weighted by Crippen LogP contribution is 2.20. The lowest BCUT2D eigenvalue weighted by Gasteiger charge is -2.26. The minimum absolute atomic E-state index is 0.159. The first kappa shape index (κ1) is 21.8. The molecule has 0 atom stereocenters. The Kier molecular flexibility index (Phi) is 7.03. The molecular weight excluding hydrogens is 412 g/mol. The van der Waals surface area contributed by atoms with Gasteiger partial charge in [0.15, 0.2) is 6.61 Å². The van der Waals surface area contributed by atoms with Crippen molar-refractivity contribution in [1.29, 1.82) is 0 Å². The molecule has 160 valence electrons. The Labute approximate surface area is 174 Å². The maximum Gasteiger partial charge on any atom is 0.337 e. The number of ether oxygens (including phenoxy) is 3. The van der Waals surface area contributed by atoms with Crippen molar-refractivity contribution < 1.29 is 32.2 Å². The molecule has 2 aromatic rings. The largest absolute Gasteiger partial charge is 0.484 e. The highest BCUT2D eigenvalue weighted by Gasteiger charge is 2.26. The first-order chi connectivity index (χ1) is 14.4. The average molecular weight is 434 g/mol. The summed E-state index contributed by atoms with van der Waals surface area (Å²) in [5, 5.41) is 2.64. The number of esters is 1. The molecule has 0 unspecified atom stereocenters. The number of benzene rings is 2. The first-order valence-electron chi connectivity index (χ1n) is 9.19. The number of methoxy groups -OCH3 is 1. The van der Waals surface area contributed by atoms with Gasteiger partial charge in [0.05, 0.1) is 30.8 Å². The van der Waals surface area contributed by atoms with Crippen LogP contribution in [0.1, 0.15) is 10.4 Å². The van der Waals surface area contributed by atoms with Crippen LogP contribution in [-0.4, -0.2) is 64.6 Å². The summed E-state index contributed by atoms with van der Waals surface area (Å²) in [5.41, 5.74) is 0.877. The van der Waals surface area contributed by atoms with Crippen LogP contribution in [0.3, 0.4) is 0 Å². The molecule has 10 heteroatoms. The molecule has 1 heterocycles. The van der Waals surface area contributed by atoms with Crippen molar-refractivity contribution in [3.8, 4) is 5.75 Å². The third kappa shape index (κ3) is 5.35. The molecule has 9 nitrogen and oxygen atoms in total. The van der Waals surface area contributed by atoms with Crippen LogP contribution in [0.5, 0.6) is 5.75 Å². The molecule has 0 radical (unpaired) electrons. The van der Waals surface area contributed by atoms with Crippen LogP contribution in [0.4, 0.5) is 5.69 Å². The third-order valence-corrected chi connectivity index (χ3v) is 6.30. The molecule has 0 aromatic heterocycles. The topological polar surface area (TPSA) is 111 Å². The first-order valence-corrected chi connectivity index (χ1v) is 10.6. The number of hydrogen-bond acceptors (Lipinski definition) is 7. The van der Waals surface area contributed by atoms with E-state index in [1.54, 1.807) is 12.1 Å². The van der Waals surface area contributed by atoms with Gasteiger partial charge in [0.25, 0.3) is 5.91 Å². The molecule has 0 saturated carbocycles. The van der Waals surface area contributed by atoms with Crippen molar-refractivity contribution in [1.82, 2.24) is 4.31 Å². The van der Waals surface area contributed by atoms with Crippen LogP contribution < -0.4 is 10.1 Å². The number of amides is 1. The number of anilines is 1. The molecule has 0 bridgehead atoms. The lowest BCUT2D eigenvalue weighted by Crippen LogP contribution is -2.40. The minimum Gasteiger partial charge on any atom is -0.484 e. The van der Waals surface area contributed by atoms with E-state index in [2.05, 4.69) is 10.1 Å². The van der Waals surface area contributed by atoms with Gasteiger partial charge in [-0.25, -0.2) is 13.2 Å². The molecule has 1 aliphatic heterocycles. The predicted molar refractivity (Wildman–Crippen MR) is 108 cm³/mol. The predicted octanol–water partition coefficient (Wildman–Crippen LogP) is 1.51. The van der Waals surface area contributed by atoms with E-state index in [0.717, 1.165) is 0 Å². The van der Waals surface area contributed by atoms with E-state index in [4.69, 9.17) is 9.47 Å². The Hall–Kier alpha value is -2.95. The summed E-state index contributed by atoms with van der Waals surface area (Å²) in [6.07, 6.45) is 0. The van der Waals surface area contributed by atoms with Gasteiger partial charge in [-0.05, 0) is 48.5 Å². The molecule has 0 aliphatic carbocycles. The third-order valence-electron chi connectivity index (χ3n) is 4.39. The summed E-state index contributed by atoms with van der Waals surface area (Å²) in [7, 11) is -2.29. The van der Waals surface area contributed by atoms with Gasteiger partial charge in [-0.15, -0.1) is 0 Å². The number of morpholine rings is 1. The maximum atomic E-state index is 12.6. The summed E-state index contributed by atoms with van der Waals surface area (Å²) < 4.78 is 41.8. The summed E-state index contributed by atoms with van der Waals surface area (Å²) in [5.74, 6) is -0.492. The van der Waals surface area contributed by atoms with Crippen molar-refractivity contribution >= 4 is 27.6 Å². The van der Waals surface area contributed by atoms with Crippen molar-refractivity contribution in [3.05, 3.63) is 54.1 Å². The van der Waals surface area contributed by atoms with Crippen molar-refractivity contribution in [3.63, 3.8) is 0 Å². The van der Waals surface area contributed by atoms with Crippen LogP contribution in [0.2, 0.25) is 0 Å². The highest BCUT2D eigenvalue weighted by atomic mass is 32.2. The fourth-order valence-corrected chi connectivity index (χ4v) is 4.21. The summed E-state index contributed by atoms with van der Waals surface area (Å²) in [6.45, 7) is 1.14. The molecule has 2 aromatic carbocycles. The van der Waals surface area contributed by atoms with E-state index in [0.29, 0.717) is 43.3 Å². The lowest BCUT2D eigenvalue weighted by molar-refractivity contribution is -0.118. The normalized spacial score (nSPS) is 14.7. The molecule has 1 fully saturated rings. The Morgan fingerprint density at radius 1 is 1.03 bits per heavy atom.